The van der Waals surface area contributed by atoms with Crippen molar-refractivity contribution in [2.75, 3.05) is 7.11 Å². The summed E-state index contributed by atoms with van der Waals surface area (Å²) in [6.07, 6.45) is 0. The molecule has 0 radical (unpaired) electrons. The Bertz CT molecular complexity index is 418. The second kappa shape index (κ2) is 5.18. The van der Waals surface area contributed by atoms with E-state index in [1.165, 1.54) is 0 Å². The lowest BCUT2D eigenvalue weighted by Gasteiger charge is -2.30. The van der Waals surface area contributed by atoms with Crippen molar-refractivity contribution >= 4 is 12.6 Å². The number of hydrogen-bond acceptors (Lipinski definition) is 3. The lowest BCUT2D eigenvalue weighted by molar-refractivity contribution is 0.381. The first-order valence-electron chi connectivity index (χ1n) is 6.57. The summed E-state index contributed by atoms with van der Waals surface area (Å²) in [5.74, 6) is 0.837. The highest BCUT2D eigenvalue weighted by atomic mass is 16.5. The van der Waals surface area contributed by atoms with Crippen molar-refractivity contribution in [3.05, 3.63) is 23.3 Å². The molecule has 1 aromatic carbocycles. The highest BCUT2D eigenvalue weighted by molar-refractivity contribution is 6.58. The van der Waals surface area contributed by atoms with E-state index in [1.54, 1.807) is 7.11 Å². The molecule has 0 saturated carbocycles. The van der Waals surface area contributed by atoms with Crippen molar-refractivity contribution in [2.45, 2.75) is 52.4 Å². The van der Waals surface area contributed by atoms with Crippen LogP contribution >= 0.6 is 0 Å². The number of hydrogen-bond donors (Lipinski definition) is 2. The van der Waals surface area contributed by atoms with Gasteiger partial charge in [-0.15, -0.1) is 0 Å². The lowest BCUT2D eigenvalue weighted by atomic mass is 9.71. The van der Waals surface area contributed by atoms with Gasteiger partial charge >= 0.3 is 7.12 Å². The number of methoxy groups -OCH3 is 1. The van der Waals surface area contributed by atoms with E-state index in [4.69, 9.17) is 4.74 Å². The average molecular weight is 264 g/mol. The van der Waals surface area contributed by atoms with E-state index in [2.05, 4.69) is 41.5 Å². The fourth-order valence-corrected chi connectivity index (χ4v) is 2.13. The molecule has 0 heterocycles. The van der Waals surface area contributed by atoms with E-state index in [0.29, 0.717) is 5.46 Å². The highest BCUT2D eigenvalue weighted by Crippen LogP contribution is 2.38. The average Bonchev–Trinajstić information content (AvgIpc) is 2.24. The molecule has 0 fully saturated rings. The maximum atomic E-state index is 9.48. The minimum absolute atomic E-state index is 0.129. The molecule has 0 unspecified atom stereocenters. The van der Waals surface area contributed by atoms with Gasteiger partial charge in [0.25, 0.3) is 0 Å². The summed E-state index contributed by atoms with van der Waals surface area (Å²) in [7, 11) is 0.197. The van der Waals surface area contributed by atoms with E-state index < -0.39 is 7.12 Å². The molecule has 2 N–H and O–H groups in total. The zero-order valence-electron chi connectivity index (χ0n) is 13.0. The van der Waals surface area contributed by atoms with Crippen molar-refractivity contribution in [1.29, 1.82) is 0 Å². The maximum Gasteiger partial charge on any atom is 0.488 e. The maximum absolute atomic E-state index is 9.48. The van der Waals surface area contributed by atoms with Gasteiger partial charge in [-0.1, -0.05) is 53.7 Å². The Kier molecular flexibility index (Phi) is 4.38. The fourth-order valence-electron chi connectivity index (χ4n) is 2.13. The van der Waals surface area contributed by atoms with Crippen molar-refractivity contribution in [1.82, 2.24) is 0 Å². The van der Waals surface area contributed by atoms with E-state index in [1.807, 2.05) is 12.1 Å². The summed E-state index contributed by atoms with van der Waals surface area (Å²) in [6.45, 7) is 12.5. The Hall–Kier alpha value is -0.995. The van der Waals surface area contributed by atoms with Crippen LogP contribution in [0.1, 0.15) is 52.7 Å². The molecule has 0 amide bonds. The topological polar surface area (TPSA) is 49.7 Å². The predicted molar refractivity (Wildman–Crippen MR) is 80.2 cm³/mol. The SMILES string of the molecule is COc1c(C(C)(C)C)cc(B(O)O)cc1C(C)(C)C. The first kappa shape index (κ1) is 16.1. The molecule has 106 valence electrons. The van der Waals surface area contributed by atoms with Gasteiger partial charge in [0.05, 0.1) is 7.11 Å². The van der Waals surface area contributed by atoms with Gasteiger partial charge < -0.3 is 14.8 Å². The smallest absolute Gasteiger partial charge is 0.488 e. The van der Waals surface area contributed by atoms with Gasteiger partial charge in [0, 0.05) is 0 Å². The number of rotatable bonds is 2. The summed E-state index contributed by atoms with van der Waals surface area (Å²) in [4.78, 5) is 0. The zero-order valence-corrected chi connectivity index (χ0v) is 13.0. The van der Waals surface area contributed by atoms with Gasteiger partial charge in [0.2, 0.25) is 0 Å². The first-order valence-corrected chi connectivity index (χ1v) is 6.57. The molecule has 1 rings (SSSR count). The molecule has 0 atom stereocenters. The van der Waals surface area contributed by atoms with Gasteiger partial charge in [-0.25, -0.2) is 0 Å². The minimum atomic E-state index is -1.46. The van der Waals surface area contributed by atoms with Crippen molar-refractivity contribution in [2.24, 2.45) is 0 Å². The van der Waals surface area contributed by atoms with Crippen LogP contribution in [-0.4, -0.2) is 24.3 Å². The van der Waals surface area contributed by atoms with E-state index in [9.17, 15) is 10.0 Å². The predicted octanol–water partition coefficient (Wildman–Crippen LogP) is 1.97. The van der Waals surface area contributed by atoms with E-state index >= 15 is 0 Å². The van der Waals surface area contributed by atoms with E-state index in [0.717, 1.165) is 16.9 Å². The Morgan fingerprint density at radius 2 is 1.26 bits per heavy atom. The van der Waals surface area contributed by atoms with Gasteiger partial charge in [-0.05, 0) is 27.4 Å². The van der Waals surface area contributed by atoms with Crippen LogP contribution in [0.25, 0.3) is 0 Å². The molecular weight excluding hydrogens is 239 g/mol. The molecule has 0 aromatic heterocycles. The summed E-state index contributed by atoms with van der Waals surface area (Å²) in [5.41, 5.74) is 2.23. The fraction of sp³-hybridized carbons (Fsp3) is 0.600. The summed E-state index contributed by atoms with van der Waals surface area (Å²) < 4.78 is 5.60. The standard InChI is InChI=1S/C15H25BO3/c1-14(2,3)11-8-10(16(17)18)9-12(13(11)19-7)15(4,5)6/h8-9,17-18H,1-7H3. The Labute approximate surface area is 116 Å². The number of ether oxygens (including phenoxy) is 1. The molecule has 0 aliphatic rings. The first-order chi connectivity index (χ1) is 8.48. The molecule has 1 aromatic rings. The van der Waals surface area contributed by atoms with Crippen LogP contribution in [0.5, 0.6) is 5.75 Å². The van der Waals surface area contributed by atoms with E-state index in [-0.39, 0.29) is 10.8 Å². The van der Waals surface area contributed by atoms with Crippen molar-refractivity contribution in [3.8, 4) is 5.75 Å². The van der Waals surface area contributed by atoms with Crippen LogP contribution in [0.4, 0.5) is 0 Å². The number of benzene rings is 1. The van der Waals surface area contributed by atoms with Crippen LogP contribution in [0.3, 0.4) is 0 Å². The third-order valence-corrected chi connectivity index (χ3v) is 3.23. The Morgan fingerprint density at radius 1 is 0.895 bits per heavy atom. The van der Waals surface area contributed by atoms with Gasteiger partial charge in [-0.2, -0.15) is 0 Å². The summed E-state index contributed by atoms with van der Waals surface area (Å²) in [5, 5.41) is 19.0. The van der Waals surface area contributed by atoms with Crippen molar-refractivity contribution < 1.29 is 14.8 Å². The summed E-state index contributed by atoms with van der Waals surface area (Å²) in [6, 6.07) is 3.64. The van der Waals surface area contributed by atoms with Gasteiger partial charge in [-0.3, -0.25) is 0 Å². The molecule has 0 bridgehead atoms. The molecule has 3 nitrogen and oxygen atoms in total. The Balaban J connectivity index is 3.67. The second-order valence-corrected chi connectivity index (χ2v) is 7.02. The monoisotopic (exact) mass is 264 g/mol. The van der Waals surface area contributed by atoms with Gasteiger partial charge in [0.15, 0.2) is 0 Å². The second-order valence-electron chi connectivity index (χ2n) is 7.02. The normalized spacial score (nSPS) is 12.5. The molecular formula is C15H25BO3. The van der Waals surface area contributed by atoms with Crippen LogP contribution in [0.15, 0.2) is 12.1 Å². The molecule has 4 heteroatoms. The minimum Gasteiger partial charge on any atom is -0.496 e. The summed E-state index contributed by atoms with van der Waals surface area (Å²) >= 11 is 0. The quantitative estimate of drug-likeness (QED) is 0.803. The van der Waals surface area contributed by atoms with Crippen LogP contribution in [-0.2, 0) is 10.8 Å². The highest BCUT2D eigenvalue weighted by Gasteiger charge is 2.29. The zero-order chi connectivity index (χ0) is 15.0. The third kappa shape index (κ3) is 3.51. The molecule has 19 heavy (non-hydrogen) atoms. The largest absolute Gasteiger partial charge is 0.496 e. The molecule has 0 aliphatic carbocycles. The molecule has 0 spiro atoms. The third-order valence-electron chi connectivity index (χ3n) is 3.23. The lowest BCUT2D eigenvalue weighted by Crippen LogP contribution is -2.33. The Morgan fingerprint density at radius 3 is 1.47 bits per heavy atom. The van der Waals surface area contributed by atoms with Crippen LogP contribution in [0.2, 0.25) is 0 Å². The van der Waals surface area contributed by atoms with Gasteiger partial charge in [0.1, 0.15) is 5.75 Å². The van der Waals surface area contributed by atoms with Crippen LogP contribution in [0, 0.1) is 0 Å². The molecule has 0 saturated heterocycles. The van der Waals surface area contributed by atoms with Crippen molar-refractivity contribution in [3.63, 3.8) is 0 Å². The van der Waals surface area contributed by atoms with Crippen LogP contribution < -0.4 is 10.2 Å². The molecule has 0 aliphatic heterocycles.